The van der Waals surface area contributed by atoms with Gasteiger partial charge in [0, 0.05) is 22.2 Å². The highest BCUT2D eigenvalue weighted by Gasteiger charge is 2.33. The van der Waals surface area contributed by atoms with Gasteiger partial charge in [-0.2, -0.15) is 0 Å². The van der Waals surface area contributed by atoms with Crippen molar-refractivity contribution in [1.29, 1.82) is 0 Å². The molecule has 5 nitrogen and oxygen atoms in total. The number of hydrogen-bond donors (Lipinski definition) is 1. The summed E-state index contributed by atoms with van der Waals surface area (Å²) in [5, 5.41) is 3.72. The first-order valence-electron chi connectivity index (χ1n) is 9.81. The van der Waals surface area contributed by atoms with Crippen molar-refractivity contribution in [2.45, 2.75) is 0 Å². The van der Waals surface area contributed by atoms with Crippen molar-refractivity contribution in [2.75, 3.05) is 10.2 Å². The average molecular weight is 463 g/mol. The molecule has 1 N–H and O–H groups in total. The minimum Gasteiger partial charge on any atom is -0.322 e. The first-order valence-corrected chi connectivity index (χ1v) is 10.2. The first kappa shape index (κ1) is 20.8. The molecule has 0 radical (unpaired) electrons. The maximum absolute atomic E-state index is 13.5. The maximum Gasteiger partial charge on any atom is 0.265 e. The third-order valence-electron chi connectivity index (χ3n) is 5.41. The van der Waals surface area contributed by atoms with Crippen LogP contribution in [-0.4, -0.2) is 17.7 Å². The van der Waals surface area contributed by atoms with Crippen molar-refractivity contribution in [1.82, 2.24) is 0 Å². The van der Waals surface area contributed by atoms with Gasteiger partial charge in [-0.25, -0.2) is 13.7 Å². The van der Waals surface area contributed by atoms with Crippen LogP contribution in [0.3, 0.4) is 0 Å². The smallest absolute Gasteiger partial charge is 0.265 e. The molecule has 4 aromatic carbocycles. The Kier molecular flexibility index (Phi) is 4.91. The molecule has 0 spiro atoms. The van der Waals surface area contributed by atoms with Crippen LogP contribution < -0.4 is 10.2 Å². The lowest BCUT2D eigenvalue weighted by Gasteiger charge is -2.27. The molecule has 0 saturated carbocycles. The predicted molar refractivity (Wildman–Crippen MR) is 121 cm³/mol. The Hall–Kier alpha value is -4.10. The van der Waals surface area contributed by atoms with Crippen molar-refractivity contribution in [2.24, 2.45) is 0 Å². The number of imide groups is 1. The normalized spacial score (nSPS) is 12.9. The summed E-state index contributed by atoms with van der Waals surface area (Å²) in [7, 11) is 0. The SMILES string of the molecule is O=C(Nc1ccc(N2C(=O)c3cccc4cccc(c34)C2=O)cc1)c1cc(F)c(F)cc1Cl. The van der Waals surface area contributed by atoms with Gasteiger partial charge in [0.25, 0.3) is 17.7 Å². The summed E-state index contributed by atoms with van der Waals surface area (Å²) in [6.07, 6.45) is 0. The van der Waals surface area contributed by atoms with E-state index in [2.05, 4.69) is 5.32 Å². The molecule has 33 heavy (non-hydrogen) atoms. The summed E-state index contributed by atoms with van der Waals surface area (Å²) in [6.45, 7) is 0. The van der Waals surface area contributed by atoms with Crippen LogP contribution in [0, 0.1) is 11.6 Å². The number of carbonyl (C=O) groups is 3. The first-order chi connectivity index (χ1) is 15.8. The minimum absolute atomic E-state index is 0.231. The third kappa shape index (κ3) is 3.43. The molecule has 4 aromatic rings. The highest BCUT2D eigenvalue weighted by molar-refractivity contribution is 6.36. The maximum atomic E-state index is 13.5. The Morgan fingerprint density at radius 1 is 0.818 bits per heavy atom. The fourth-order valence-electron chi connectivity index (χ4n) is 3.85. The zero-order chi connectivity index (χ0) is 23.3. The quantitative estimate of drug-likeness (QED) is 0.308. The molecule has 8 heteroatoms. The molecule has 0 bridgehead atoms. The van der Waals surface area contributed by atoms with E-state index in [4.69, 9.17) is 11.6 Å². The van der Waals surface area contributed by atoms with E-state index in [1.54, 1.807) is 24.3 Å². The highest BCUT2D eigenvalue weighted by Crippen LogP contribution is 2.33. The zero-order valence-corrected chi connectivity index (χ0v) is 17.5. The topological polar surface area (TPSA) is 66.5 Å². The van der Waals surface area contributed by atoms with Crippen molar-refractivity contribution in [3.8, 4) is 0 Å². The van der Waals surface area contributed by atoms with Gasteiger partial charge in [0.15, 0.2) is 11.6 Å². The standard InChI is InChI=1S/C25H13ClF2N2O3/c26-19-12-21(28)20(27)11-18(19)23(31)29-14-7-9-15(10-8-14)30-24(32)16-5-1-3-13-4-2-6-17(22(13)16)25(30)33/h1-12H,(H,29,31). The second-order valence-corrected chi connectivity index (χ2v) is 7.81. The van der Waals surface area contributed by atoms with Gasteiger partial charge < -0.3 is 5.32 Å². The summed E-state index contributed by atoms with van der Waals surface area (Å²) in [5.41, 5.74) is 1.25. The van der Waals surface area contributed by atoms with Crippen molar-refractivity contribution < 1.29 is 23.2 Å². The summed E-state index contributed by atoms with van der Waals surface area (Å²) >= 11 is 5.85. The molecule has 3 amide bonds. The van der Waals surface area contributed by atoms with Crippen LogP contribution in [0.15, 0.2) is 72.8 Å². The monoisotopic (exact) mass is 462 g/mol. The number of nitrogens with zero attached hydrogens (tertiary/aromatic N) is 1. The van der Waals surface area contributed by atoms with Gasteiger partial charge in [0.2, 0.25) is 0 Å². The van der Waals surface area contributed by atoms with E-state index in [1.165, 1.54) is 24.3 Å². The average Bonchev–Trinajstić information content (AvgIpc) is 2.81. The zero-order valence-electron chi connectivity index (χ0n) is 16.7. The molecule has 0 aromatic heterocycles. The van der Waals surface area contributed by atoms with Crippen LogP contribution >= 0.6 is 11.6 Å². The molecule has 1 aliphatic heterocycles. The number of anilines is 2. The van der Waals surface area contributed by atoms with Crippen LogP contribution in [0.5, 0.6) is 0 Å². The third-order valence-corrected chi connectivity index (χ3v) is 5.72. The molecule has 1 heterocycles. The molecule has 162 valence electrons. The predicted octanol–water partition coefficient (Wildman–Crippen LogP) is 5.82. The van der Waals surface area contributed by atoms with E-state index >= 15 is 0 Å². The Bertz CT molecular complexity index is 1430. The van der Waals surface area contributed by atoms with Crippen molar-refractivity contribution in [3.63, 3.8) is 0 Å². The van der Waals surface area contributed by atoms with Crippen LogP contribution in [0.4, 0.5) is 20.2 Å². The Labute approximate surface area is 191 Å². The van der Waals surface area contributed by atoms with Gasteiger partial charge >= 0.3 is 0 Å². The summed E-state index contributed by atoms with van der Waals surface area (Å²) in [5.74, 6) is -3.99. The van der Waals surface area contributed by atoms with Gasteiger partial charge in [-0.05, 0) is 53.9 Å². The second kappa shape index (κ2) is 7.79. The van der Waals surface area contributed by atoms with Gasteiger partial charge in [-0.1, -0.05) is 35.9 Å². The van der Waals surface area contributed by atoms with Crippen LogP contribution in [0.1, 0.15) is 31.1 Å². The molecule has 0 atom stereocenters. The largest absolute Gasteiger partial charge is 0.322 e. The Morgan fingerprint density at radius 3 is 2.00 bits per heavy atom. The van der Waals surface area contributed by atoms with Crippen LogP contribution in [-0.2, 0) is 0 Å². The van der Waals surface area contributed by atoms with E-state index in [1.807, 2.05) is 12.1 Å². The van der Waals surface area contributed by atoms with Gasteiger partial charge in [-0.3, -0.25) is 14.4 Å². The van der Waals surface area contributed by atoms with E-state index in [0.717, 1.165) is 16.4 Å². The number of rotatable bonds is 3. The molecule has 0 unspecified atom stereocenters. The molecule has 0 fully saturated rings. The molecular weight excluding hydrogens is 450 g/mol. The fourth-order valence-corrected chi connectivity index (χ4v) is 4.09. The molecular formula is C25H13ClF2N2O3. The lowest BCUT2D eigenvalue weighted by atomic mass is 9.94. The van der Waals surface area contributed by atoms with Gasteiger partial charge in [0.05, 0.1) is 16.3 Å². The van der Waals surface area contributed by atoms with Crippen molar-refractivity contribution >= 4 is 51.5 Å². The summed E-state index contributed by atoms with van der Waals surface area (Å²) in [6, 6.07) is 18.0. The molecule has 1 aliphatic rings. The second-order valence-electron chi connectivity index (χ2n) is 7.40. The highest BCUT2D eigenvalue weighted by atomic mass is 35.5. The molecule has 0 aliphatic carbocycles. The van der Waals surface area contributed by atoms with Crippen LogP contribution in [0.25, 0.3) is 10.8 Å². The molecule has 5 rings (SSSR count). The number of halogens is 3. The van der Waals surface area contributed by atoms with Gasteiger partial charge in [-0.15, -0.1) is 0 Å². The van der Waals surface area contributed by atoms with Gasteiger partial charge in [0.1, 0.15) is 0 Å². The minimum atomic E-state index is -1.20. The number of hydrogen-bond acceptors (Lipinski definition) is 3. The number of benzene rings is 4. The number of amides is 3. The lowest BCUT2D eigenvalue weighted by molar-refractivity contribution is 0.0892. The summed E-state index contributed by atoms with van der Waals surface area (Å²) < 4.78 is 26.7. The Morgan fingerprint density at radius 2 is 1.39 bits per heavy atom. The summed E-state index contributed by atoms with van der Waals surface area (Å²) in [4.78, 5) is 39.7. The number of nitrogens with one attached hydrogen (secondary N) is 1. The van der Waals surface area contributed by atoms with Crippen molar-refractivity contribution in [3.05, 3.63) is 106 Å². The fraction of sp³-hybridized carbons (Fsp3) is 0. The Balaban J connectivity index is 1.43. The van der Waals surface area contributed by atoms with Crippen LogP contribution in [0.2, 0.25) is 5.02 Å². The van der Waals surface area contributed by atoms with E-state index in [-0.39, 0.29) is 10.6 Å². The van der Waals surface area contributed by atoms with E-state index < -0.39 is 29.4 Å². The molecule has 0 saturated heterocycles. The number of carbonyl (C=O) groups excluding carboxylic acids is 3. The lowest BCUT2D eigenvalue weighted by Crippen LogP contribution is -2.40. The van der Waals surface area contributed by atoms with E-state index in [9.17, 15) is 23.2 Å². The van der Waals surface area contributed by atoms with E-state index in [0.29, 0.717) is 34.0 Å².